The molecule has 0 aliphatic carbocycles. The average molecular weight is 383 g/mol. The molecular formula is C17H17F4N5O. The van der Waals surface area contributed by atoms with Crippen molar-refractivity contribution in [3.05, 3.63) is 47.8 Å². The molecule has 1 unspecified atom stereocenters. The van der Waals surface area contributed by atoms with Gasteiger partial charge in [0.25, 0.3) is 0 Å². The Labute approximate surface area is 151 Å². The zero-order valence-corrected chi connectivity index (χ0v) is 14.2. The molecule has 0 radical (unpaired) electrons. The maximum atomic E-state index is 13.5. The molecule has 0 spiro atoms. The number of hydrogen-bond donors (Lipinski definition) is 2. The van der Waals surface area contributed by atoms with E-state index in [0.29, 0.717) is 18.7 Å². The topological polar surface area (TPSA) is 70.0 Å². The van der Waals surface area contributed by atoms with Crippen molar-refractivity contribution in [1.82, 2.24) is 24.6 Å². The molecule has 1 fully saturated rings. The summed E-state index contributed by atoms with van der Waals surface area (Å²) in [6, 6.07) is 5.22. The van der Waals surface area contributed by atoms with Crippen LogP contribution >= 0.6 is 0 Å². The van der Waals surface area contributed by atoms with Crippen LogP contribution in [0.5, 0.6) is 0 Å². The van der Waals surface area contributed by atoms with Crippen LogP contribution in [0.1, 0.15) is 17.9 Å². The summed E-state index contributed by atoms with van der Waals surface area (Å²) >= 11 is 0. The minimum absolute atomic E-state index is 0.114. The number of fused-ring (bicyclic) bond motifs is 1. The Balaban J connectivity index is 1.63. The summed E-state index contributed by atoms with van der Waals surface area (Å²) in [5.74, 6) is -0.373. The first-order chi connectivity index (χ1) is 12.7. The van der Waals surface area contributed by atoms with Crippen LogP contribution in [0.4, 0.5) is 17.6 Å². The fourth-order valence-electron chi connectivity index (χ4n) is 3.57. The van der Waals surface area contributed by atoms with Gasteiger partial charge in [-0.05, 0) is 24.6 Å². The van der Waals surface area contributed by atoms with Gasteiger partial charge in [-0.2, -0.15) is 18.3 Å². The smallest absolute Gasteiger partial charge is 0.382 e. The lowest BCUT2D eigenvalue weighted by molar-refractivity contribution is -0.140. The summed E-state index contributed by atoms with van der Waals surface area (Å²) in [5, 5.41) is 17.3. The Morgan fingerprint density at radius 3 is 2.78 bits per heavy atom. The van der Waals surface area contributed by atoms with E-state index in [9.17, 15) is 22.7 Å². The number of alkyl halides is 3. The van der Waals surface area contributed by atoms with Crippen LogP contribution in [0, 0.1) is 5.82 Å². The lowest BCUT2D eigenvalue weighted by atomic mass is 9.99. The van der Waals surface area contributed by atoms with E-state index in [-0.39, 0.29) is 29.9 Å². The average Bonchev–Trinajstić information content (AvgIpc) is 3.28. The van der Waals surface area contributed by atoms with Crippen molar-refractivity contribution >= 4 is 11.0 Å². The molecule has 0 saturated carbocycles. The number of aromatic nitrogens is 4. The van der Waals surface area contributed by atoms with Gasteiger partial charge < -0.3 is 9.67 Å². The third kappa shape index (κ3) is 3.54. The number of H-pyrrole nitrogens is 1. The molecule has 3 heterocycles. The number of aromatic amines is 1. The van der Waals surface area contributed by atoms with Gasteiger partial charge in [0.2, 0.25) is 0 Å². The molecule has 3 aromatic rings. The van der Waals surface area contributed by atoms with Crippen molar-refractivity contribution < 1.29 is 22.7 Å². The molecule has 4 rings (SSSR count). The maximum Gasteiger partial charge on any atom is 0.406 e. The molecule has 6 nitrogen and oxygen atoms in total. The molecule has 144 valence electrons. The van der Waals surface area contributed by atoms with Gasteiger partial charge in [0, 0.05) is 25.4 Å². The Kier molecular flexibility index (Phi) is 4.19. The highest BCUT2D eigenvalue weighted by Gasteiger charge is 2.39. The SMILES string of the molecule is OC1(c2ccn[nH]2)CCN(Cc2nc3cc(F)ccc3n2CC(F)(F)F)C1. The molecule has 27 heavy (non-hydrogen) atoms. The predicted octanol–water partition coefficient (Wildman–Crippen LogP) is 2.55. The van der Waals surface area contributed by atoms with Crippen molar-refractivity contribution in [3.63, 3.8) is 0 Å². The van der Waals surface area contributed by atoms with Gasteiger partial charge in [-0.1, -0.05) is 0 Å². The van der Waals surface area contributed by atoms with Crippen LogP contribution < -0.4 is 0 Å². The number of halogens is 4. The third-order valence-electron chi connectivity index (χ3n) is 4.82. The standard InChI is InChI=1S/C17H17F4N5O/c18-11-1-2-13-12(7-11)23-15(26(13)10-17(19,20)21)8-25-6-4-16(27,9-25)14-3-5-22-24-14/h1-3,5,7,27H,4,6,8-10H2,(H,22,24). The molecule has 0 bridgehead atoms. The number of hydrogen-bond acceptors (Lipinski definition) is 4. The Morgan fingerprint density at radius 2 is 2.07 bits per heavy atom. The van der Waals surface area contributed by atoms with E-state index < -0.39 is 24.1 Å². The number of β-amino-alcohol motifs (C(OH)–C–C–N with tert-alkyl or cyclic N) is 1. The highest BCUT2D eigenvalue weighted by molar-refractivity contribution is 5.76. The quantitative estimate of drug-likeness (QED) is 0.680. The summed E-state index contributed by atoms with van der Waals surface area (Å²) in [7, 11) is 0. The zero-order chi connectivity index (χ0) is 19.2. The largest absolute Gasteiger partial charge is 0.406 e. The first-order valence-corrected chi connectivity index (χ1v) is 8.39. The van der Waals surface area contributed by atoms with E-state index in [1.165, 1.54) is 12.3 Å². The minimum atomic E-state index is -4.43. The molecule has 1 atom stereocenters. The molecule has 1 aliphatic heterocycles. The lowest BCUT2D eigenvalue weighted by Crippen LogP contribution is -2.32. The molecule has 10 heteroatoms. The van der Waals surface area contributed by atoms with Crippen LogP contribution in [0.3, 0.4) is 0 Å². The van der Waals surface area contributed by atoms with E-state index in [4.69, 9.17) is 0 Å². The lowest BCUT2D eigenvalue weighted by Gasteiger charge is -2.22. The van der Waals surface area contributed by atoms with Crippen LogP contribution in [0.15, 0.2) is 30.5 Å². The number of aliphatic hydroxyl groups is 1. The summed E-state index contributed by atoms with van der Waals surface area (Å²) in [6.07, 6.45) is -2.48. The van der Waals surface area contributed by atoms with E-state index >= 15 is 0 Å². The monoisotopic (exact) mass is 383 g/mol. The number of likely N-dealkylation sites (tertiary alicyclic amines) is 1. The van der Waals surface area contributed by atoms with E-state index in [2.05, 4.69) is 15.2 Å². The first kappa shape index (κ1) is 17.9. The highest BCUT2D eigenvalue weighted by atomic mass is 19.4. The molecule has 0 amide bonds. The van der Waals surface area contributed by atoms with Gasteiger partial charge in [-0.3, -0.25) is 10.00 Å². The number of imidazole rings is 1. The Bertz CT molecular complexity index is 952. The van der Waals surface area contributed by atoms with Crippen molar-refractivity contribution in [2.24, 2.45) is 0 Å². The third-order valence-corrected chi connectivity index (χ3v) is 4.82. The zero-order valence-electron chi connectivity index (χ0n) is 14.2. The Morgan fingerprint density at radius 1 is 1.26 bits per heavy atom. The van der Waals surface area contributed by atoms with Crippen LogP contribution in [-0.4, -0.2) is 49.0 Å². The van der Waals surface area contributed by atoms with Gasteiger partial charge in [-0.25, -0.2) is 9.37 Å². The van der Waals surface area contributed by atoms with Crippen molar-refractivity contribution in [1.29, 1.82) is 0 Å². The van der Waals surface area contributed by atoms with Crippen LogP contribution in [-0.2, 0) is 18.7 Å². The fourth-order valence-corrected chi connectivity index (χ4v) is 3.57. The van der Waals surface area contributed by atoms with Gasteiger partial charge >= 0.3 is 6.18 Å². The van der Waals surface area contributed by atoms with Crippen LogP contribution in [0.25, 0.3) is 11.0 Å². The van der Waals surface area contributed by atoms with Crippen molar-refractivity contribution in [2.45, 2.75) is 31.3 Å². The molecule has 2 aromatic heterocycles. The van der Waals surface area contributed by atoms with E-state index in [0.717, 1.165) is 16.7 Å². The summed E-state index contributed by atoms with van der Waals surface area (Å²) in [4.78, 5) is 6.04. The van der Waals surface area contributed by atoms with E-state index in [1.54, 1.807) is 6.07 Å². The molecule has 2 N–H and O–H groups in total. The molecular weight excluding hydrogens is 366 g/mol. The first-order valence-electron chi connectivity index (χ1n) is 8.39. The maximum absolute atomic E-state index is 13.5. The van der Waals surface area contributed by atoms with Crippen molar-refractivity contribution in [2.75, 3.05) is 13.1 Å². The fraction of sp³-hybridized carbons (Fsp3) is 0.412. The summed E-state index contributed by atoms with van der Waals surface area (Å²) < 4.78 is 53.6. The second-order valence-corrected chi connectivity index (χ2v) is 6.82. The summed E-state index contributed by atoms with van der Waals surface area (Å²) in [5.41, 5.74) is -0.163. The van der Waals surface area contributed by atoms with Gasteiger partial charge in [0.05, 0.1) is 23.3 Å². The van der Waals surface area contributed by atoms with E-state index in [1.807, 2.05) is 4.90 Å². The number of rotatable bonds is 4. The summed E-state index contributed by atoms with van der Waals surface area (Å²) in [6.45, 7) is -0.371. The second kappa shape index (κ2) is 6.31. The van der Waals surface area contributed by atoms with Gasteiger partial charge in [-0.15, -0.1) is 0 Å². The van der Waals surface area contributed by atoms with Gasteiger partial charge in [0.1, 0.15) is 23.8 Å². The highest BCUT2D eigenvalue weighted by Crippen LogP contribution is 2.32. The van der Waals surface area contributed by atoms with Gasteiger partial charge in [0.15, 0.2) is 0 Å². The molecule has 1 aliphatic rings. The van der Waals surface area contributed by atoms with Crippen molar-refractivity contribution in [3.8, 4) is 0 Å². The number of nitrogens with zero attached hydrogens (tertiary/aromatic N) is 4. The molecule has 1 aromatic carbocycles. The molecule has 1 saturated heterocycles. The Hall–Kier alpha value is -2.46. The normalized spacial score (nSPS) is 21.4. The number of benzene rings is 1. The number of nitrogens with one attached hydrogen (secondary N) is 1. The second-order valence-electron chi connectivity index (χ2n) is 6.82. The van der Waals surface area contributed by atoms with Crippen LogP contribution in [0.2, 0.25) is 0 Å². The minimum Gasteiger partial charge on any atom is -0.382 e. The predicted molar refractivity (Wildman–Crippen MR) is 88.1 cm³/mol.